The summed E-state index contributed by atoms with van der Waals surface area (Å²) in [6, 6.07) is 9.76. The fraction of sp³-hybridized carbons (Fsp3) is 0.400. The summed E-state index contributed by atoms with van der Waals surface area (Å²) in [7, 11) is 0. The van der Waals surface area contributed by atoms with Gasteiger partial charge in [-0.05, 0) is 62.7 Å². The third-order valence-corrected chi connectivity index (χ3v) is 7.45. The standard InChI is InChI=1S/C25H20F4N2O4/c1-23-10-14(12-34-17-7-4-15(26)5-8-17)24(2,35-23)20-19(23)21(32)31(22(20)33)16-6-3-13(11-30)18(9-16)25(27,28)29/h3-9,14,19-20H,10,12H2,1-2H3/t14-,19+,20-,23+,24-/m0/s1. The van der Waals surface area contributed by atoms with E-state index in [0.717, 1.165) is 11.0 Å². The van der Waals surface area contributed by atoms with Gasteiger partial charge in [0.1, 0.15) is 11.6 Å². The third kappa shape index (κ3) is 3.40. The lowest BCUT2D eigenvalue weighted by atomic mass is 9.64. The Bertz CT molecular complexity index is 1270. The number of fused-ring (bicyclic) bond motifs is 5. The molecule has 3 aliphatic rings. The molecule has 0 aliphatic carbocycles. The number of hydrogen-bond acceptors (Lipinski definition) is 5. The molecule has 182 valence electrons. The molecule has 6 nitrogen and oxygen atoms in total. The molecule has 2 aromatic carbocycles. The smallest absolute Gasteiger partial charge is 0.417 e. The molecule has 5 rings (SSSR count). The van der Waals surface area contributed by atoms with Crippen molar-refractivity contribution in [2.24, 2.45) is 17.8 Å². The van der Waals surface area contributed by atoms with Crippen LogP contribution in [0.25, 0.3) is 0 Å². The normalized spacial score (nSPS) is 31.6. The van der Waals surface area contributed by atoms with Crippen LogP contribution in [0.3, 0.4) is 0 Å². The maximum atomic E-state index is 13.5. The quantitative estimate of drug-likeness (QED) is 0.469. The molecule has 3 heterocycles. The van der Waals surface area contributed by atoms with Crippen LogP contribution in [0.4, 0.5) is 23.2 Å². The zero-order chi connectivity index (χ0) is 25.3. The van der Waals surface area contributed by atoms with Crippen molar-refractivity contribution in [2.45, 2.75) is 37.6 Å². The lowest BCUT2D eigenvalue weighted by Gasteiger charge is -2.35. The largest absolute Gasteiger partial charge is 0.493 e. The minimum Gasteiger partial charge on any atom is -0.493 e. The Kier molecular flexibility index (Phi) is 5.01. The van der Waals surface area contributed by atoms with E-state index in [-0.39, 0.29) is 18.2 Å². The van der Waals surface area contributed by atoms with Crippen molar-refractivity contribution < 1.29 is 36.6 Å². The number of imide groups is 1. The molecule has 0 saturated carbocycles. The van der Waals surface area contributed by atoms with Crippen molar-refractivity contribution in [3.8, 4) is 11.8 Å². The summed E-state index contributed by atoms with van der Waals surface area (Å²) in [5.41, 5.74) is -4.12. The van der Waals surface area contributed by atoms with E-state index in [2.05, 4.69) is 0 Å². The van der Waals surface area contributed by atoms with Crippen molar-refractivity contribution in [3.05, 3.63) is 59.4 Å². The van der Waals surface area contributed by atoms with Gasteiger partial charge in [0.15, 0.2) is 0 Å². The topological polar surface area (TPSA) is 79.6 Å². The molecule has 3 fully saturated rings. The van der Waals surface area contributed by atoms with Gasteiger partial charge in [0.2, 0.25) is 11.8 Å². The number of nitrogens with zero attached hydrogens (tertiary/aromatic N) is 2. The van der Waals surface area contributed by atoms with Crippen LogP contribution in [0.2, 0.25) is 0 Å². The highest BCUT2D eigenvalue weighted by Gasteiger charge is 2.75. The minimum absolute atomic E-state index is 0.150. The zero-order valence-electron chi connectivity index (χ0n) is 18.7. The van der Waals surface area contributed by atoms with E-state index < -0.39 is 58.0 Å². The maximum absolute atomic E-state index is 13.5. The predicted molar refractivity (Wildman–Crippen MR) is 114 cm³/mol. The summed E-state index contributed by atoms with van der Waals surface area (Å²) in [4.78, 5) is 27.7. The molecule has 5 atom stereocenters. The number of halogens is 4. The minimum atomic E-state index is -4.83. The van der Waals surface area contributed by atoms with E-state index in [9.17, 15) is 27.2 Å². The van der Waals surface area contributed by atoms with E-state index in [4.69, 9.17) is 14.7 Å². The summed E-state index contributed by atoms with van der Waals surface area (Å²) in [5, 5.41) is 9.05. The lowest BCUT2D eigenvalue weighted by molar-refractivity contribution is -0.138. The Morgan fingerprint density at radius 3 is 2.40 bits per heavy atom. The molecular formula is C25H20F4N2O4. The van der Waals surface area contributed by atoms with Crippen LogP contribution in [0.15, 0.2) is 42.5 Å². The molecule has 2 amide bonds. The molecule has 3 saturated heterocycles. The number of alkyl halides is 3. The monoisotopic (exact) mass is 488 g/mol. The van der Waals surface area contributed by atoms with Gasteiger partial charge in [-0.3, -0.25) is 9.59 Å². The molecule has 0 N–H and O–H groups in total. The molecule has 0 unspecified atom stereocenters. The van der Waals surface area contributed by atoms with Gasteiger partial charge in [0.05, 0.1) is 52.5 Å². The first-order valence-corrected chi connectivity index (χ1v) is 11.0. The van der Waals surface area contributed by atoms with Gasteiger partial charge in [0, 0.05) is 5.92 Å². The number of nitriles is 1. The second-order valence-electron chi connectivity index (χ2n) is 9.57. The van der Waals surface area contributed by atoms with Crippen molar-refractivity contribution >= 4 is 17.5 Å². The van der Waals surface area contributed by atoms with Crippen molar-refractivity contribution in [3.63, 3.8) is 0 Å². The Morgan fingerprint density at radius 2 is 1.77 bits per heavy atom. The number of amides is 2. The van der Waals surface area contributed by atoms with Crippen LogP contribution < -0.4 is 9.64 Å². The molecule has 2 aromatic rings. The van der Waals surface area contributed by atoms with Gasteiger partial charge in [-0.2, -0.15) is 18.4 Å². The van der Waals surface area contributed by atoms with Crippen LogP contribution >= 0.6 is 0 Å². The van der Waals surface area contributed by atoms with Gasteiger partial charge in [0.25, 0.3) is 0 Å². The average molecular weight is 488 g/mol. The molecule has 35 heavy (non-hydrogen) atoms. The molecule has 0 aromatic heterocycles. The van der Waals surface area contributed by atoms with E-state index in [1.54, 1.807) is 13.8 Å². The number of anilines is 1. The van der Waals surface area contributed by atoms with E-state index in [1.165, 1.54) is 36.4 Å². The van der Waals surface area contributed by atoms with Crippen molar-refractivity contribution in [1.82, 2.24) is 0 Å². The molecule has 2 bridgehead atoms. The molecule has 0 spiro atoms. The van der Waals surface area contributed by atoms with E-state index in [0.29, 0.717) is 18.2 Å². The first-order chi connectivity index (χ1) is 16.4. The molecule has 0 radical (unpaired) electrons. The summed E-state index contributed by atoms with van der Waals surface area (Å²) in [6.45, 7) is 3.59. The van der Waals surface area contributed by atoms with E-state index in [1.807, 2.05) is 0 Å². The van der Waals surface area contributed by atoms with Gasteiger partial charge in [-0.1, -0.05) is 0 Å². The highest BCUT2D eigenvalue weighted by atomic mass is 19.4. The second-order valence-corrected chi connectivity index (χ2v) is 9.57. The Balaban J connectivity index is 1.45. The Morgan fingerprint density at radius 1 is 1.11 bits per heavy atom. The van der Waals surface area contributed by atoms with Crippen molar-refractivity contribution in [2.75, 3.05) is 11.5 Å². The summed E-state index contributed by atoms with van der Waals surface area (Å²) >= 11 is 0. The number of carbonyl (C=O) groups is 2. The fourth-order valence-electron chi connectivity index (χ4n) is 5.90. The van der Waals surface area contributed by atoms with Crippen LogP contribution in [-0.4, -0.2) is 29.6 Å². The Labute approximate surface area is 198 Å². The van der Waals surface area contributed by atoms with Gasteiger partial charge in [-0.15, -0.1) is 0 Å². The first-order valence-electron chi connectivity index (χ1n) is 11.0. The highest BCUT2D eigenvalue weighted by molar-refractivity contribution is 6.23. The second kappa shape index (κ2) is 7.52. The molecular weight excluding hydrogens is 468 g/mol. The average Bonchev–Trinajstić information content (AvgIpc) is 3.32. The SMILES string of the molecule is C[C@]12O[C@](C)(C[C@H]1COc1ccc(F)cc1)[C@H]1C(=O)N(c3ccc(C#N)c(C(F)(F)F)c3)C(=O)[C@H]12. The molecule has 10 heteroatoms. The Hall–Kier alpha value is -3.45. The summed E-state index contributed by atoms with van der Waals surface area (Å²) in [6.07, 6.45) is -4.43. The highest BCUT2D eigenvalue weighted by Crippen LogP contribution is 2.63. The number of hydrogen-bond donors (Lipinski definition) is 0. The number of rotatable bonds is 4. The van der Waals surface area contributed by atoms with Crippen LogP contribution in [-0.2, 0) is 20.5 Å². The number of ether oxygens (including phenoxy) is 2. The van der Waals surface area contributed by atoms with E-state index >= 15 is 0 Å². The first kappa shape index (κ1) is 23.3. The van der Waals surface area contributed by atoms with Crippen LogP contribution in [0.1, 0.15) is 31.4 Å². The zero-order valence-corrected chi connectivity index (χ0v) is 18.7. The summed E-state index contributed by atoms with van der Waals surface area (Å²) in [5.74, 6) is -3.28. The number of benzene rings is 2. The van der Waals surface area contributed by atoms with Crippen LogP contribution in [0.5, 0.6) is 5.75 Å². The number of carbonyl (C=O) groups excluding carboxylic acids is 2. The fourth-order valence-corrected chi connectivity index (χ4v) is 5.90. The van der Waals surface area contributed by atoms with Gasteiger partial charge < -0.3 is 9.47 Å². The van der Waals surface area contributed by atoms with Crippen molar-refractivity contribution in [1.29, 1.82) is 5.26 Å². The third-order valence-electron chi connectivity index (χ3n) is 7.45. The lowest BCUT2D eigenvalue weighted by Crippen LogP contribution is -2.48. The van der Waals surface area contributed by atoms with Crippen LogP contribution in [0, 0.1) is 34.9 Å². The maximum Gasteiger partial charge on any atom is 0.417 e. The molecule has 3 aliphatic heterocycles. The van der Waals surface area contributed by atoms with Gasteiger partial charge in [-0.25, -0.2) is 9.29 Å². The van der Waals surface area contributed by atoms with Gasteiger partial charge >= 0.3 is 6.18 Å². The summed E-state index contributed by atoms with van der Waals surface area (Å²) < 4.78 is 65.7. The predicted octanol–water partition coefficient (Wildman–Crippen LogP) is 4.47.